The third-order valence-corrected chi connectivity index (χ3v) is 1.41. The predicted molar refractivity (Wildman–Crippen MR) is 41.6 cm³/mol. The number of carbonyl (C=O) groups is 1. The molecule has 0 radical (unpaired) electrons. The lowest BCUT2D eigenvalue weighted by atomic mass is 10.4. The summed E-state index contributed by atoms with van der Waals surface area (Å²) in [6, 6.07) is -0.913. The number of hydrogen-bond donors (Lipinski definition) is 3. The van der Waals surface area contributed by atoms with Crippen LogP contribution >= 0.6 is 12.6 Å². The maximum absolute atomic E-state index is 10.9. The highest BCUT2D eigenvalue weighted by atomic mass is 32.1. The van der Waals surface area contributed by atoms with E-state index in [0.29, 0.717) is 0 Å². The molecule has 1 atom stereocenters. The van der Waals surface area contributed by atoms with Crippen LogP contribution in [-0.2, 0) is 4.79 Å². The summed E-state index contributed by atoms with van der Waals surface area (Å²) in [5, 5.41) is 12.1. The molecule has 12 heavy (non-hydrogen) atoms. The first-order valence-electron chi connectivity index (χ1n) is 3.05. The number of rotatable bonds is 3. The third kappa shape index (κ3) is 2.17. The van der Waals surface area contributed by atoms with E-state index in [-0.39, 0.29) is 11.8 Å². The largest absolute Gasteiger partial charge is 0.387 e. The number of carbonyl (C=O) groups excluding carboxylic acids is 1. The van der Waals surface area contributed by atoms with Crippen LogP contribution in [0, 0.1) is 0 Å². The first kappa shape index (κ1) is 8.94. The minimum Gasteiger partial charge on any atom is -0.387 e. The summed E-state index contributed by atoms with van der Waals surface area (Å²) >= 11 is 3.82. The molecule has 0 aromatic carbocycles. The molecule has 0 saturated heterocycles. The summed E-state index contributed by atoms with van der Waals surface area (Å²) in [7, 11) is 0. The number of nitrogens with zero attached hydrogens (tertiary/aromatic N) is 3. The maximum Gasteiger partial charge on any atom is 0.363 e. The van der Waals surface area contributed by atoms with Crippen LogP contribution < -0.4 is 10.5 Å². The Kier molecular flexibility index (Phi) is 3.00. The summed E-state index contributed by atoms with van der Waals surface area (Å²) < 4.78 is 4.58. The van der Waals surface area contributed by atoms with Gasteiger partial charge < -0.3 is 10.5 Å². The van der Waals surface area contributed by atoms with Gasteiger partial charge in [-0.25, -0.2) is 4.79 Å². The Hall–Kier alpha value is -1.15. The zero-order chi connectivity index (χ0) is 8.97. The zero-order valence-electron chi connectivity index (χ0n) is 5.97. The molecular weight excluding hydrogens is 182 g/mol. The number of aromatic nitrogens is 4. The van der Waals surface area contributed by atoms with Crippen molar-refractivity contribution in [1.29, 1.82) is 0 Å². The molecule has 66 valence electrons. The third-order valence-electron chi connectivity index (χ3n) is 1.02. The molecule has 0 aliphatic carbocycles. The van der Waals surface area contributed by atoms with E-state index >= 15 is 0 Å². The molecule has 0 aliphatic heterocycles. The van der Waals surface area contributed by atoms with Crippen molar-refractivity contribution in [2.75, 3.05) is 5.75 Å². The van der Waals surface area contributed by atoms with Gasteiger partial charge in [0.25, 0.3) is 0 Å². The van der Waals surface area contributed by atoms with Gasteiger partial charge in [-0.15, -0.1) is 0 Å². The van der Waals surface area contributed by atoms with Crippen molar-refractivity contribution in [3.8, 4) is 6.01 Å². The molecule has 0 unspecified atom stereocenters. The topological polar surface area (TPSA) is 107 Å². The Bertz CT molecular complexity index is 250. The fourth-order valence-electron chi connectivity index (χ4n) is 0.436. The van der Waals surface area contributed by atoms with E-state index in [9.17, 15) is 4.79 Å². The number of nitrogens with one attached hydrogen (secondary N) is 1. The summed E-state index contributed by atoms with van der Waals surface area (Å²) in [5.74, 6) is -0.428. The van der Waals surface area contributed by atoms with Gasteiger partial charge in [-0.05, 0) is 5.21 Å². The van der Waals surface area contributed by atoms with E-state index in [1.807, 2.05) is 0 Å². The molecule has 1 heterocycles. The average molecular weight is 189 g/mol. The maximum atomic E-state index is 10.9. The molecule has 1 aromatic heterocycles. The van der Waals surface area contributed by atoms with E-state index in [1.165, 1.54) is 0 Å². The fraction of sp³-hybridized carbons (Fsp3) is 0.500. The summed E-state index contributed by atoms with van der Waals surface area (Å²) in [6.45, 7) is 0. The van der Waals surface area contributed by atoms with Crippen LogP contribution in [0.1, 0.15) is 0 Å². The van der Waals surface area contributed by atoms with E-state index < -0.39 is 12.0 Å². The Balaban J connectivity index is 2.47. The normalized spacial score (nSPS) is 12.5. The molecule has 0 amide bonds. The second kappa shape index (κ2) is 4.02. The molecule has 3 N–H and O–H groups in total. The van der Waals surface area contributed by atoms with E-state index in [4.69, 9.17) is 5.73 Å². The molecule has 0 saturated carbocycles. The van der Waals surface area contributed by atoms with Crippen molar-refractivity contribution in [1.82, 2.24) is 20.6 Å². The SMILES string of the molecule is N[C@@H](CS)C(=O)Oc1nn[nH]n1. The molecule has 0 spiro atoms. The number of esters is 1. The van der Waals surface area contributed by atoms with Crippen molar-refractivity contribution < 1.29 is 9.53 Å². The molecule has 8 heteroatoms. The molecule has 0 bridgehead atoms. The second-order valence-electron chi connectivity index (χ2n) is 1.90. The van der Waals surface area contributed by atoms with Crippen LogP contribution in [0.15, 0.2) is 0 Å². The zero-order valence-corrected chi connectivity index (χ0v) is 6.86. The second-order valence-corrected chi connectivity index (χ2v) is 2.27. The van der Waals surface area contributed by atoms with Gasteiger partial charge in [0.1, 0.15) is 6.04 Å². The Morgan fingerprint density at radius 2 is 2.58 bits per heavy atom. The minimum atomic E-state index is -0.771. The Labute approximate surface area is 73.1 Å². The highest BCUT2D eigenvalue weighted by Crippen LogP contribution is 1.96. The van der Waals surface area contributed by atoms with Gasteiger partial charge in [0.2, 0.25) is 0 Å². The quantitative estimate of drug-likeness (QED) is 0.389. The fourth-order valence-corrected chi connectivity index (χ4v) is 0.585. The van der Waals surface area contributed by atoms with Gasteiger partial charge in [-0.2, -0.15) is 17.8 Å². The highest BCUT2D eigenvalue weighted by Gasteiger charge is 2.15. The number of aromatic amines is 1. The highest BCUT2D eigenvalue weighted by molar-refractivity contribution is 7.80. The minimum absolute atomic E-state index is 0.141. The van der Waals surface area contributed by atoms with Gasteiger partial charge in [0.05, 0.1) is 0 Å². The van der Waals surface area contributed by atoms with Crippen LogP contribution in [0.3, 0.4) is 0 Å². The first-order valence-corrected chi connectivity index (χ1v) is 3.69. The monoisotopic (exact) mass is 189 g/mol. The number of hydrogen-bond acceptors (Lipinski definition) is 7. The van der Waals surface area contributed by atoms with Crippen LogP contribution in [0.5, 0.6) is 6.01 Å². The van der Waals surface area contributed by atoms with Crippen molar-refractivity contribution in [3.05, 3.63) is 0 Å². The van der Waals surface area contributed by atoms with Gasteiger partial charge in [0.15, 0.2) is 0 Å². The molecular formula is C4H7N5O2S. The number of H-pyrrole nitrogens is 1. The van der Waals surface area contributed by atoms with Gasteiger partial charge in [-0.3, -0.25) is 0 Å². The smallest absolute Gasteiger partial charge is 0.363 e. The number of ether oxygens (including phenoxy) is 1. The Morgan fingerprint density at radius 1 is 1.83 bits per heavy atom. The lowest BCUT2D eigenvalue weighted by molar-refractivity contribution is -0.135. The van der Waals surface area contributed by atoms with Crippen LogP contribution in [0.4, 0.5) is 0 Å². The number of thiol groups is 1. The van der Waals surface area contributed by atoms with E-state index in [1.54, 1.807) is 0 Å². The van der Waals surface area contributed by atoms with Gasteiger partial charge in [0, 0.05) is 5.75 Å². The van der Waals surface area contributed by atoms with E-state index in [0.717, 1.165) is 0 Å². The number of tetrazole rings is 1. The van der Waals surface area contributed by atoms with Crippen molar-refractivity contribution in [3.63, 3.8) is 0 Å². The van der Waals surface area contributed by atoms with Crippen LogP contribution in [-0.4, -0.2) is 38.4 Å². The lowest BCUT2D eigenvalue weighted by Gasteiger charge is -2.03. The number of nitrogens with two attached hydrogens (primary N) is 1. The molecule has 0 aliphatic rings. The van der Waals surface area contributed by atoms with E-state index in [2.05, 4.69) is 38.0 Å². The van der Waals surface area contributed by atoms with Crippen LogP contribution in [0.2, 0.25) is 0 Å². The van der Waals surface area contributed by atoms with Crippen molar-refractivity contribution >= 4 is 18.6 Å². The van der Waals surface area contributed by atoms with Gasteiger partial charge in [-0.1, -0.05) is 10.2 Å². The van der Waals surface area contributed by atoms with Crippen molar-refractivity contribution in [2.24, 2.45) is 5.73 Å². The standard InChI is InChI=1S/C4H7N5O2S/c5-2(1-12)3(10)11-4-6-8-9-7-4/h2,12H,1,5H2,(H,6,7,8,9)/t2-/m0/s1. The molecule has 0 fully saturated rings. The summed E-state index contributed by atoms with van der Waals surface area (Å²) in [4.78, 5) is 10.9. The first-order chi connectivity index (χ1) is 5.74. The Morgan fingerprint density at radius 3 is 3.08 bits per heavy atom. The predicted octanol–water partition coefficient (Wildman–Crippen LogP) is -1.64. The summed E-state index contributed by atoms with van der Waals surface area (Å²) in [5.41, 5.74) is 5.30. The molecule has 7 nitrogen and oxygen atoms in total. The molecule has 1 aromatic rings. The molecule has 1 rings (SSSR count). The average Bonchev–Trinajstić information content (AvgIpc) is 2.55. The lowest BCUT2D eigenvalue weighted by Crippen LogP contribution is -2.35. The van der Waals surface area contributed by atoms with Gasteiger partial charge >= 0.3 is 12.0 Å². The summed E-state index contributed by atoms with van der Waals surface area (Å²) in [6.07, 6.45) is 0. The van der Waals surface area contributed by atoms with Crippen molar-refractivity contribution in [2.45, 2.75) is 6.04 Å². The van der Waals surface area contributed by atoms with Crippen LogP contribution in [0.25, 0.3) is 0 Å².